The summed E-state index contributed by atoms with van der Waals surface area (Å²) in [5.41, 5.74) is 6.15. The van der Waals surface area contributed by atoms with Crippen molar-refractivity contribution in [3.63, 3.8) is 0 Å². The molecule has 3 N–H and O–H groups in total. The van der Waals surface area contributed by atoms with Crippen LogP contribution < -0.4 is 5.73 Å². The fraction of sp³-hybridized carbons (Fsp3) is 0.455. The van der Waals surface area contributed by atoms with Crippen LogP contribution in [-0.2, 0) is 5.60 Å². The van der Waals surface area contributed by atoms with Crippen LogP contribution >= 0.6 is 0 Å². The highest BCUT2D eigenvalue weighted by Crippen LogP contribution is 2.40. The second-order valence-electron chi connectivity index (χ2n) is 4.16. The van der Waals surface area contributed by atoms with E-state index in [0.29, 0.717) is 18.4 Å². The Labute approximate surface area is 82.5 Å². The molecular formula is C11H14FNO. The lowest BCUT2D eigenvalue weighted by atomic mass is 9.71. The molecule has 3 heteroatoms. The first-order chi connectivity index (χ1) is 6.51. The van der Waals surface area contributed by atoms with Crippen LogP contribution in [0.4, 0.5) is 4.39 Å². The van der Waals surface area contributed by atoms with Gasteiger partial charge < -0.3 is 10.8 Å². The van der Waals surface area contributed by atoms with Crippen molar-refractivity contribution in [3.05, 3.63) is 35.1 Å². The van der Waals surface area contributed by atoms with Gasteiger partial charge in [-0.05, 0) is 37.0 Å². The van der Waals surface area contributed by atoms with Gasteiger partial charge in [0.2, 0.25) is 0 Å². The molecule has 1 saturated carbocycles. The average molecular weight is 195 g/mol. The molecule has 2 rings (SSSR count). The van der Waals surface area contributed by atoms with Crippen LogP contribution in [0.3, 0.4) is 0 Å². The van der Waals surface area contributed by atoms with Crippen molar-refractivity contribution in [2.45, 2.75) is 31.4 Å². The summed E-state index contributed by atoms with van der Waals surface area (Å²) < 4.78 is 13.0. The van der Waals surface area contributed by atoms with E-state index in [1.807, 2.05) is 0 Å². The van der Waals surface area contributed by atoms with E-state index in [2.05, 4.69) is 0 Å². The van der Waals surface area contributed by atoms with Gasteiger partial charge in [0, 0.05) is 6.04 Å². The standard InChI is InChI=1S/C11H14FNO/c1-7-4-8(2-3-10(7)12)11(14)5-9(13)6-11/h2-4,9,14H,5-6,13H2,1H3. The van der Waals surface area contributed by atoms with Gasteiger partial charge in [-0.15, -0.1) is 0 Å². The monoisotopic (exact) mass is 195 g/mol. The number of rotatable bonds is 1. The fourth-order valence-corrected chi connectivity index (χ4v) is 1.98. The third kappa shape index (κ3) is 1.42. The molecule has 0 spiro atoms. The number of aliphatic hydroxyl groups is 1. The first-order valence-electron chi connectivity index (χ1n) is 4.76. The van der Waals surface area contributed by atoms with E-state index in [1.165, 1.54) is 6.07 Å². The number of nitrogens with two attached hydrogens (primary N) is 1. The predicted octanol–water partition coefficient (Wildman–Crippen LogP) is 1.44. The minimum absolute atomic E-state index is 0.0744. The van der Waals surface area contributed by atoms with Crippen LogP contribution in [0.25, 0.3) is 0 Å². The molecule has 0 aliphatic heterocycles. The second kappa shape index (κ2) is 3.04. The fourth-order valence-electron chi connectivity index (χ4n) is 1.98. The van der Waals surface area contributed by atoms with E-state index in [1.54, 1.807) is 19.1 Å². The van der Waals surface area contributed by atoms with Gasteiger partial charge in [0.1, 0.15) is 5.82 Å². The first-order valence-corrected chi connectivity index (χ1v) is 4.76. The first kappa shape index (κ1) is 9.62. The van der Waals surface area contributed by atoms with Crippen LogP contribution in [0.5, 0.6) is 0 Å². The van der Waals surface area contributed by atoms with E-state index >= 15 is 0 Å². The Kier molecular flexibility index (Phi) is 2.09. The summed E-state index contributed by atoms with van der Waals surface area (Å²) in [5.74, 6) is -0.235. The normalized spacial score (nSPS) is 31.3. The van der Waals surface area contributed by atoms with E-state index in [0.717, 1.165) is 5.56 Å². The quantitative estimate of drug-likeness (QED) is 0.712. The van der Waals surface area contributed by atoms with Gasteiger partial charge in [-0.25, -0.2) is 4.39 Å². The lowest BCUT2D eigenvalue weighted by Crippen LogP contribution is -2.49. The summed E-state index contributed by atoms with van der Waals surface area (Å²) in [5, 5.41) is 10.1. The van der Waals surface area contributed by atoms with Crippen molar-refractivity contribution in [1.29, 1.82) is 0 Å². The summed E-state index contributed by atoms with van der Waals surface area (Å²) in [7, 11) is 0. The van der Waals surface area contributed by atoms with Crippen molar-refractivity contribution in [3.8, 4) is 0 Å². The second-order valence-corrected chi connectivity index (χ2v) is 4.16. The maximum Gasteiger partial charge on any atom is 0.126 e. The van der Waals surface area contributed by atoms with Crippen LogP contribution in [0.1, 0.15) is 24.0 Å². The molecule has 0 heterocycles. The summed E-state index contributed by atoms with van der Waals surface area (Å²) >= 11 is 0. The number of benzene rings is 1. The van der Waals surface area contributed by atoms with Crippen LogP contribution in [0.15, 0.2) is 18.2 Å². The number of aryl methyl sites for hydroxylation is 1. The minimum Gasteiger partial charge on any atom is -0.385 e. The van der Waals surface area contributed by atoms with Crippen LogP contribution in [0.2, 0.25) is 0 Å². The van der Waals surface area contributed by atoms with Gasteiger partial charge in [0.05, 0.1) is 5.60 Å². The Balaban J connectivity index is 2.29. The molecule has 76 valence electrons. The SMILES string of the molecule is Cc1cc(C2(O)CC(N)C2)ccc1F. The molecule has 0 saturated heterocycles. The molecule has 0 aromatic heterocycles. The average Bonchev–Trinajstić information content (AvgIpc) is 2.07. The molecular weight excluding hydrogens is 181 g/mol. The van der Waals surface area contributed by atoms with Crippen LogP contribution in [-0.4, -0.2) is 11.1 Å². The van der Waals surface area contributed by atoms with Gasteiger partial charge >= 0.3 is 0 Å². The van der Waals surface area contributed by atoms with E-state index < -0.39 is 5.60 Å². The maximum absolute atomic E-state index is 13.0. The summed E-state index contributed by atoms with van der Waals surface area (Å²) in [6.45, 7) is 1.70. The van der Waals surface area contributed by atoms with E-state index in [9.17, 15) is 9.50 Å². The van der Waals surface area contributed by atoms with Gasteiger partial charge in [0.25, 0.3) is 0 Å². The molecule has 0 atom stereocenters. The molecule has 0 amide bonds. The molecule has 0 unspecified atom stereocenters. The van der Waals surface area contributed by atoms with Crippen molar-refractivity contribution in [2.24, 2.45) is 5.73 Å². The Bertz CT molecular complexity index is 358. The third-order valence-electron chi connectivity index (χ3n) is 2.90. The summed E-state index contributed by atoms with van der Waals surface area (Å²) in [4.78, 5) is 0. The Morgan fingerprint density at radius 3 is 2.64 bits per heavy atom. The Hall–Kier alpha value is -0.930. The number of hydrogen-bond acceptors (Lipinski definition) is 2. The summed E-state index contributed by atoms with van der Waals surface area (Å²) in [6, 6.07) is 4.80. The van der Waals surface area contributed by atoms with Crippen LogP contribution in [0, 0.1) is 12.7 Å². The Morgan fingerprint density at radius 1 is 1.50 bits per heavy atom. The zero-order chi connectivity index (χ0) is 10.3. The smallest absolute Gasteiger partial charge is 0.126 e. The Morgan fingerprint density at radius 2 is 2.14 bits per heavy atom. The maximum atomic E-state index is 13.0. The molecule has 1 aromatic rings. The van der Waals surface area contributed by atoms with Crippen molar-refractivity contribution >= 4 is 0 Å². The highest BCUT2D eigenvalue weighted by atomic mass is 19.1. The molecule has 1 aromatic carbocycles. The molecule has 0 radical (unpaired) electrons. The van der Waals surface area contributed by atoms with Gasteiger partial charge in [-0.3, -0.25) is 0 Å². The van der Waals surface area contributed by atoms with Crippen molar-refractivity contribution in [1.82, 2.24) is 0 Å². The highest BCUT2D eigenvalue weighted by molar-refractivity contribution is 5.31. The lowest BCUT2D eigenvalue weighted by Gasteiger charge is -2.42. The topological polar surface area (TPSA) is 46.2 Å². The zero-order valence-electron chi connectivity index (χ0n) is 8.13. The molecule has 0 bridgehead atoms. The van der Waals surface area contributed by atoms with Gasteiger partial charge in [-0.1, -0.05) is 12.1 Å². The van der Waals surface area contributed by atoms with Crippen molar-refractivity contribution in [2.75, 3.05) is 0 Å². The molecule has 14 heavy (non-hydrogen) atoms. The van der Waals surface area contributed by atoms with E-state index in [4.69, 9.17) is 5.73 Å². The van der Waals surface area contributed by atoms with Crippen molar-refractivity contribution < 1.29 is 9.50 Å². The highest BCUT2D eigenvalue weighted by Gasteiger charge is 2.42. The third-order valence-corrected chi connectivity index (χ3v) is 2.90. The molecule has 2 nitrogen and oxygen atoms in total. The van der Waals surface area contributed by atoms with E-state index in [-0.39, 0.29) is 11.9 Å². The molecule has 1 aliphatic carbocycles. The minimum atomic E-state index is -0.822. The molecule has 1 aliphatic rings. The largest absolute Gasteiger partial charge is 0.385 e. The predicted molar refractivity (Wildman–Crippen MR) is 52.2 cm³/mol. The van der Waals surface area contributed by atoms with Gasteiger partial charge in [-0.2, -0.15) is 0 Å². The summed E-state index contributed by atoms with van der Waals surface area (Å²) in [6.07, 6.45) is 1.14. The molecule has 1 fully saturated rings. The zero-order valence-corrected chi connectivity index (χ0v) is 8.13. The number of hydrogen-bond donors (Lipinski definition) is 2. The van der Waals surface area contributed by atoms with Gasteiger partial charge in [0.15, 0.2) is 0 Å². The lowest BCUT2D eigenvalue weighted by molar-refractivity contribution is -0.0523. The number of halogens is 1.